The minimum absolute atomic E-state index is 0.178. The fourth-order valence-corrected chi connectivity index (χ4v) is 2.40. The van der Waals surface area contributed by atoms with Crippen molar-refractivity contribution < 1.29 is 9.59 Å². The molecule has 2 rings (SSSR count). The summed E-state index contributed by atoms with van der Waals surface area (Å²) in [6.07, 6.45) is 4.04. The van der Waals surface area contributed by atoms with Gasteiger partial charge in [-0.2, -0.15) is 0 Å². The maximum atomic E-state index is 11.7. The lowest BCUT2D eigenvalue weighted by molar-refractivity contribution is -0.121. The number of amides is 3. The Hall–Kier alpha value is -1.36. The monoisotopic (exact) mass is 223 g/mol. The topological polar surface area (TPSA) is 61.4 Å². The quantitative estimate of drug-likeness (QED) is 0.532. The predicted octanol–water partition coefficient (Wildman–Crippen LogP) is 0.235. The predicted molar refractivity (Wildman–Crippen MR) is 59.9 cm³/mol. The summed E-state index contributed by atoms with van der Waals surface area (Å²) < 4.78 is 0. The fraction of sp³-hybridized carbons (Fsp3) is 0.636. The number of urea groups is 1. The minimum Gasteiger partial charge on any atom is -0.317 e. The number of hydrogen-bond donors (Lipinski definition) is 2. The smallest absolute Gasteiger partial charge is 0.317 e. The van der Waals surface area contributed by atoms with Gasteiger partial charge in [-0.1, -0.05) is 6.08 Å². The van der Waals surface area contributed by atoms with Gasteiger partial charge in [-0.15, -0.1) is 6.58 Å². The van der Waals surface area contributed by atoms with Crippen molar-refractivity contribution >= 4 is 11.9 Å². The Bertz CT molecular complexity index is 310. The Labute approximate surface area is 94.9 Å². The molecular weight excluding hydrogens is 206 g/mol. The molecule has 88 valence electrons. The summed E-state index contributed by atoms with van der Waals surface area (Å²) in [5.41, 5.74) is 0. The van der Waals surface area contributed by atoms with E-state index in [0.29, 0.717) is 6.42 Å². The molecule has 0 bridgehead atoms. The molecule has 1 atom stereocenters. The van der Waals surface area contributed by atoms with Gasteiger partial charge in [-0.25, -0.2) is 4.79 Å². The van der Waals surface area contributed by atoms with E-state index in [9.17, 15) is 9.59 Å². The first-order valence-electron chi connectivity index (χ1n) is 5.69. The van der Waals surface area contributed by atoms with Crippen LogP contribution >= 0.6 is 0 Å². The van der Waals surface area contributed by atoms with E-state index in [1.54, 1.807) is 11.0 Å². The standard InChI is InChI=1S/C11H17N3O2/c1-2-3-9-10(15)13-11(16)14(9)8-4-6-12-7-5-8/h2,8-9,12H,1,3-7H2,(H,13,15,16). The van der Waals surface area contributed by atoms with Gasteiger partial charge in [-0.3, -0.25) is 10.1 Å². The van der Waals surface area contributed by atoms with Crippen LogP contribution in [0.3, 0.4) is 0 Å². The molecule has 5 nitrogen and oxygen atoms in total. The van der Waals surface area contributed by atoms with Crippen molar-refractivity contribution in [1.82, 2.24) is 15.5 Å². The van der Waals surface area contributed by atoms with E-state index in [-0.39, 0.29) is 24.0 Å². The van der Waals surface area contributed by atoms with Crippen LogP contribution in [0.1, 0.15) is 19.3 Å². The fourth-order valence-electron chi connectivity index (χ4n) is 2.40. The Morgan fingerprint density at radius 1 is 1.38 bits per heavy atom. The van der Waals surface area contributed by atoms with Crippen molar-refractivity contribution in [3.05, 3.63) is 12.7 Å². The maximum absolute atomic E-state index is 11.7. The molecule has 3 amide bonds. The number of rotatable bonds is 3. The van der Waals surface area contributed by atoms with Crippen LogP contribution in [0.25, 0.3) is 0 Å². The van der Waals surface area contributed by atoms with E-state index in [2.05, 4.69) is 17.2 Å². The second kappa shape index (κ2) is 4.65. The molecule has 5 heteroatoms. The van der Waals surface area contributed by atoms with Gasteiger partial charge in [-0.05, 0) is 32.4 Å². The van der Waals surface area contributed by atoms with Crippen LogP contribution in [0, 0.1) is 0 Å². The molecule has 2 aliphatic rings. The van der Waals surface area contributed by atoms with Crippen molar-refractivity contribution in [2.24, 2.45) is 0 Å². The molecule has 2 saturated heterocycles. The summed E-state index contributed by atoms with van der Waals surface area (Å²) in [5, 5.41) is 5.63. The van der Waals surface area contributed by atoms with Crippen LogP contribution in [-0.2, 0) is 4.79 Å². The molecule has 2 N–H and O–H groups in total. The first-order chi connectivity index (χ1) is 7.74. The van der Waals surface area contributed by atoms with Crippen LogP contribution in [0.2, 0.25) is 0 Å². The lowest BCUT2D eigenvalue weighted by Crippen LogP contribution is -2.48. The van der Waals surface area contributed by atoms with Crippen LogP contribution in [-0.4, -0.2) is 42.0 Å². The van der Waals surface area contributed by atoms with Gasteiger partial charge >= 0.3 is 6.03 Å². The highest BCUT2D eigenvalue weighted by molar-refractivity contribution is 6.04. The number of hydrogen-bond acceptors (Lipinski definition) is 3. The van der Waals surface area contributed by atoms with Crippen LogP contribution < -0.4 is 10.6 Å². The van der Waals surface area contributed by atoms with Gasteiger partial charge in [0.15, 0.2) is 0 Å². The second-order valence-electron chi connectivity index (χ2n) is 4.22. The third-order valence-electron chi connectivity index (χ3n) is 3.20. The summed E-state index contributed by atoms with van der Waals surface area (Å²) in [7, 11) is 0. The zero-order valence-electron chi connectivity index (χ0n) is 9.24. The van der Waals surface area contributed by atoms with Gasteiger partial charge in [0.05, 0.1) is 0 Å². The lowest BCUT2D eigenvalue weighted by Gasteiger charge is -2.33. The van der Waals surface area contributed by atoms with Crippen molar-refractivity contribution in [3.8, 4) is 0 Å². The van der Waals surface area contributed by atoms with E-state index < -0.39 is 0 Å². The largest absolute Gasteiger partial charge is 0.325 e. The zero-order valence-corrected chi connectivity index (χ0v) is 9.24. The highest BCUT2D eigenvalue weighted by Crippen LogP contribution is 2.21. The molecule has 1 unspecified atom stereocenters. The van der Waals surface area contributed by atoms with E-state index in [1.165, 1.54) is 0 Å². The maximum Gasteiger partial charge on any atom is 0.325 e. The molecule has 0 aromatic rings. The van der Waals surface area contributed by atoms with E-state index in [4.69, 9.17) is 0 Å². The minimum atomic E-state index is -0.354. The molecule has 16 heavy (non-hydrogen) atoms. The van der Waals surface area contributed by atoms with Crippen molar-refractivity contribution in [3.63, 3.8) is 0 Å². The number of imide groups is 1. The molecule has 0 aromatic heterocycles. The Morgan fingerprint density at radius 3 is 2.69 bits per heavy atom. The summed E-state index contributed by atoms with van der Waals surface area (Å²) in [6, 6.07) is -0.422. The number of nitrogens with one attached hydrogen (secondary N) is 2. The average molecular weight is 223 g/mol. The van der Waals surface area contributed by atoms with Crippen LogP contribution in [0.4, 0.5) is 4.79 Å². The van der Waals surface area contributed by atoms with Gasteiger partial charge in [0.25, 0.3) is 5.91 Å². The summed E-state index contributed by atoms with van der Waals surface area (Å²) in [5.74, 6) is -0.191. The molecule has 2 aliphatic heterocycles. The van der Waals surface area contributed by atoms with Crippen molar-refractivity contribution in [2.75, 3.05) is 13.1 Å². The Balaban J connectivity index is 2.12. The van der Waals surface area contributed by atoms with Crippen molar-refractivity contribution in [2.45, 2.75) is 31.3 Å². The summed E-state index contributed by atoms with van der Waals surface area (Å²) in [6.45, 7) is 5.45. The average Bonchev–Trinajstić information content (AvgIpc) is 2.56. The molecule has 0 aromatic carbocycles. The summed E-state index contributed by atoms with van der Waals surface area (Å²) >= 11 is 0. The van der Waals surface area contributed by atoms with Gasteiger partial charge in [0.1, 0.15) is 6.04 Å². The number of carbonyl (C=O) groups is 2. The van der Waals surface area contributed by atoms with E-state index in [0.717, 1.165) is 25.9 Å². The van der Waals surface area contributed by atoms with Gasteiger partial charge < -0.3 is 10.2 Å². The van der Waals surface area contributed by atoms with Gasteiger partial charge in [0.2, 0.25) is 0 Å². The molecule has 2 fully saturated rings. The SMILES string of the molecule is C=CCC1C(=O)NC(=O)N1C1CCNCC1. The normalized spacial score (nSPS) is 27.0. The Morgan fingerprint density at radius 2 is 2.06 bits per heavy atom. The highest BCUT2D eigenvalue weighted by Gasteiger charge is 2.41. The highest BCUT2D eigenvalue weighted by atomic mass is 16.2. The molecule has 0 spiro atoms. The van der Waals surface area contributed by atoms with Crippen molar-refractivity contribution in [1.29, 1.82) is 0 Å². The number of nitrogens with zero attached hydrogens (tertiary/aromatic N) is 1. The first-order valence-corrected chi connectivity index (χ1v) is 5.69. The molecule has 0 radical (unpaired) electrons. The van der Waals surface area contributed by atoms with Crippen LogP contribution in [0.5, 0.6) is 0 Å². The summed E-state index contributed by atoms with van der Waals surface area (Å²) in [4.78, 5) is 25.0. The van der Waals surface area contributed by atoms with E-state index >= 15 is 0 Å². The molecule has 0 aliphatic carbocycles. The van der Waals surface area contributed by atoms with E-state index in [1.807, 2.05) is 0 Å². The third-order valence-corrected chi connectivity index (χ3v) is 3.20. The third kappa shape index (κ3) is 1.95. The Kier molecular flexibility index (Phi) is 3.24. The number of carbonyl (C=O) groups excluding carboxylic acids is 2. The molecule has 0 saturated carbocycles. The molecule has 2 heterocycles. The number of piperidine rings is 1. The van der Waals surface area contributed by atoms with Gasteiger partial charge in [0, 0.05) is 6.04 Å². The molecular formula is C11H17N3O2. The lowest BCUT2D eigenvalue weighted by atomic mass is 10.0. The first kappa shape index (κ1) is 11.1. The zero-order chi connectivity index (χ0) is 11.5. The second-order valence-corrected chi connectivity index (χ2v) is 4.22. The van der Waals surface area contributed by atoms with Crippen LogP contribution in [0.15, 0.2) is 12.7 Å².